The molecular formula is C14H20BFO3S. The third-order valence-corrected chi connectivity index (χ3v) is 4.81. The summed E-state index contributed by atoms with van der Waals surface area (Å²) in [6.45, 7) is 7.79. The first-order chi connectivity index (χ1) is 9.23. The number of methoxy groups -OCH3 is 1. The molecule has 0 bridgehead atoms. The van der Waals surface area contributed by atoms with E-state index in [9.17, 15) is 4.39 Å². The molecule has 6 heteroatoms. The molecule has 0 radical (unpaired) electrons. The smallest absolute Gasteiger partial charge is 0.495 e. The van der Waals surface area contributed by atoms with Crippen LogP contribution >= 0.6 is 11.8 Å². The molecule has 0 atom stereocenters. The lowest BCUT2D eigenvalue weighted by atomic mass is 9.78. The highest BCUT2D eigenvalue weighted by Crippen LogP contribution is 2.37. The zero-order valence-electron chi connectivity index (χ0n) is 12.7. The molecule has 110 valence electrons. The van der Waals surface area contributed by atoms with Crippen molar-refractivity contribution >= 4 is 24.3 Å². The van der Waals surface area contributed by atoms with E-state index in [1.807, 2.05) is 34.0 Å². The van der Waals surface area contributed by atoms with Crippen molar-refractivity contribution in [3.63, 3.8) is 0 Å². The van der Waals surface area contributed by atoms with Gasteiger partial charge in [-0.1, -0.05) is 6.07 Å². The van der Waals surface area contributed by atoms with Gasteiger partial charge in [0.25, 0.3) is 0 Å². The highest BCUT2D eigenvalue weighted by atomic mass is 32.2. The van der Waals surface area contributed by atoms with Crippen LogP contribution in [0.15, 0.2) is 17.0 Å². The predicted molar refractivity (Wildman–Crippen MR) is 80.4 cm³/mol. The summed E-state index contributed by atoms with van der Waals surface area (Å²) in [5.41, 5.74) is -0.554. The van der Waals surface area contributed by atoms with Gasteiger partial charge in [-0.15, -0.1) is 11.8 Å². The summed E-state index contributed by atoms with van der Waals surface area (Å²) in [7, 11) is 0.833. The summed E-state index contributed by atoms with van der Waals surface area (Å²) in [5, 5.41) is 0. The van der Waals surface area contributed by atoms with E-state index < -0.39 is 18.3 Å². The van der Waals surface area contributed by atoms with Crippen LogP contribution in [0.2, 0.25) is 0 Å². The van der Waals surface area contributed by atoms with Crippen LogP contribution in [0.4, 0.5) is 4.39 Å². The van der Waals surface area contributed by atoms with Crippen molar-refractivity contribution in [3.8, 4) is 5.75 Å². The van der Waals surface area contributed by atoms with Crippen molar-refractivity contribution in [2.45, 2.75) is 43.8 Å². The minimum absolute atomic E-state index is 0.338. The van der Waals surface area contributed by atoms with Gasteiger partial charge in [0.1, 0.15) is 11.6 Å². The van der Waals surface area contributed by atoms with Gasteiger partial charge in [-0.05, 0) is 40.0 Å². The Morgan fingerprint density at radius 3 is 2.15 bits per heavy atom. The van der Waals surface area contributed by atoms with E-state index in [-0.39, 0.29) is 5.82 Å². The lowest BCUT2D eigenvalue weighted by Gasteiger charge is -2.32. The van der Waals surface area contributed by atoms with Gasteiger partial charge in [0.05, 0.1) is 23.2 Å². The quantitative estimate of drug-likeness (QED) is 0.633. The maximum absolute atomic E-state index is 14.6. The van der Waals surface area contributed by atoms with Gasteiger partial charge >= 0.3 is 7.12 Å². The monoisotopic (exact) mass is 298 g/mol. The van der Waals surface area contributed by atoms with Crippen molar-refractivity contribution in [1.82, 2.24) is 0 Å². The summed E-state index contributed by atoms with van der Waals surface area (Å²) in [6.07, 6.45) is 1.81. The van der Waals surface area contributed by atoms with Crippen LogP contribution in [0.1, 0.15) is 27.7 Å². The van der Waals surface area contributed by atoms with Crippen molar-refractivity contribution in [2.75, 3.05) is 13.4 Å². The topological polar surface area (TPSA) is 27.7 Å². The number of rotatable bonds is 3. The van der Waals surface area contributed by atoms with Crippen LogP contribution in [0, 0.1) is 5.82 Å². The molecule has 1 aromatic rings. The zero-order valence-corrected chi connectivity index (χ0v) is 13.6. The first-order valence-corrected chi connectivity index (χ1v) is 7.72. The number of hydrogen-bond acceptors (Lipinski definition) is 4. The number of thioether (sulfide) groups is 1. The Kier molecular flexibility index (Phi) is 4.11. The molecule has 0 aromatic heterocycles. The van der Waals surface area contributed by atoms with E-state index in [1.54, 1.807) is 12.1 Å². The fraction of sp³-hybridized carbons (Fsp3) is 0.571. The lowest BCUT2D eigenvalue weighted by molar-refractivity contribution is 0.00578. The Labute approximate surface area is 124 Å². The first kappa shape index (κ1) is 15.7. The molecule has 0 unspecified atom stereocenters. The lowest BCUT2D eigenvalue weighted by Crippen LogP contribution is -2.41. The molecule has 1 fully saturated rings. The molecule has 0 aliphatic carbocycles. The number of benzene rings is 1. The number of halogens is 1. The van der Waals surface area contributed by atoms with Crippen LogP contribution < -0.4 is 10.2 Å². The maximum Gasteiger partial charge on any atom is 0.497 e. The Morgan fingerprint density at radius 2 is 1.70 bits per heavy atom. The summed E-state index contributed by atoms with van der Waals surface area (Å²) in [6, 6.07) is 3.41. The Balaban J connectivity index is 2.41. The molecule has 1 aliphatic heterocycles. The molecule has 1 saturated heterocycles. The molecule has 0 N–H and O–H groups in total. The molecule has 0 amide bonds. The third kappa shape index (κ3) is 2.45. The van der Waals surface area contributed by atoms with E-state index in [0.29, 0.717) is 16.1 Å². The summed E-state index contributed by atoms with van der Waals surface area (Å²) in [5.74, 6) is 0.186. The molecule has 1 aliphatic rings. The summed E-state index contributed by atoms with van der Waals surface area (Å²) in [4.78, 5) is 0.472. The Bertz CT molecular complexity index is 503. The van der Waals surface area contributed by atoms with E-state index in [0.717, 1.165) is 0 Å². The number of hydrogen-bond donors (Lipinski definition) is 0. The molecule has 2 rings (SSSR count). The molecule has 0 saturated carbocycles. The minimum atomic E-state index is -0.697. The van der Waals surface area contributed by atoms with Gasteiger partial charge in [0, 0.05) is 5.46 Å². The van der Waals surface area contributed by atoms with Crippen molar-refractivity contribution in [2.24, 2.45) is 0 Å². The van der Waals surface area contributed by atoms with Gasteiger partial charge < -0.3 is 14.0 Å². The second kappa shape index (κ2) is 5.24. The van der Waals surface area contributed by atoms with Crippen LogP contribution in [-0.4, -0.2) is 31.7 Å². The molecule has 1 heterocycles. The zero-order chi connectivity index (χ0) is 15.1. The molecule has 20 heavy (non-hydrogen) atoms. The fourth-order valence-corrected chi connectivity index (χ4v) is 2.71. The van der Waals surface area contributed by atoms with Crippen LogP contribution in [0.3, 0.4) is 0 Å². The fourth-order valence-electron chi connectivity index (χ4n) is 2.06. The average Bonchev–Trinajstić information content (AvgIpc) is 2.57. The summed E-state index contributed by atoms with van der Waals surface area (Å²) >= 11 is 1.31. The average molecular weight is 298 g/mol. The normalized spacial score (nSPS) is 20.2. The van der Waals surface area contributed by atoms with E-state index in [4.69, 9.17) is 14.0 Å². The van der Waals surface area contributed by atoms with Crippen molar-refractivity contribution in [1.29, 1.82) is 0 Å². The van der Waals surface area contributed by atoms with E-state index in [1.165, 1.54) is 18.9 Å². The first-order valence-electron chi connectivity index (χ1n) is 6.49. The molecule has 1 aromatic carbocycles. The van der Waals surface area contributed by atoms with E-state index in [2.05, 4.69) is 0 Å². The summed E-state index contributed by atoms with van der Waals surface area (Å²) < 4.78 is 31.6. The van der Waals surface area contributed by atoms with Gasteiger partial charge in [0.15, 0.2) is 0 Å². The van der Waals surface area contributed by atoms with Crippen molar-refractivity contribution in [3.05, 3.63) is 17.9 Å². The highest BCUT2D eigenvalue weighted by molar-refractivity contribution is 7.98. The van der Waals surface area contributed by atoms with Gasteiger partial charge in [0.2, 0.25) is 0 Å². The molecule has 0 spiro atoms. The maximum atomic E-state index is 14.6. The standard InChI is InChI=1S/C14H20BFO3S/c1-13(2)14(3,4)19-15(18-13)9-7-8-10(17-5)12(20-6)11(9)16/h7-8H,1-6H3. The van der Waals surface area contributed by atoms with Gasteiger partial charge in [-0.3, -0.25) is 0 Å². The minimum Gasteiger partial charge on any atom is -0.495 e. The Morgan fingerprint density at radius 1 is 1.15 bits per heavy atom. The number of ether oxygens (including phenoxy) is 1. The van der Waals surface area contributed by atoms with Crippen LogP contribution in [-0.2, 0) is 9.31 Å². The molecule has 3 nitrogen and oxygen atoms in total. The third-order valence-electron chi connectivity index (χ3n) is 4.02. The van der Waals surface area contributed by atoms with E-state index >= 15 is 0 Å². The van der Waals surface area contributed by atoms with Gasteiger partial charge in [-0.25, -0.2) is 4.39 Å². The Hall–Kier alpha value is -0.715. The predicted octanol–water partition coefficient (Wildman–Crippen LogP) is 2.86. The highest BCUT2D eigenvalue weighted by Gasteiger charge is 2.52. The second-order valence-corrected chi connectivity index (χ2v) is 6.61. The van der Waals surface area contributed by atoms with Crippen molar-refractivity contribution < 1.29 is 18.4 Å². The van der Waals surface area contributed by atoms with Gasteiger partial charge in [-0.2, -0.15) is 0 Å². The largest absolute Gasteiger partial charge is 0.497 e. The van der Waals surface area contributed by atoms with Crippen LogP contribution in [0.25, 0.3) is 0 Å². The second-order valence-electron chi connectivity index (χ2n) is 5.79. The SMILES string of the molecule is COc1ccc(B2OC(C)(C)C(C)(C)O2)c(F)c1SC. The molecular weight excluding hydrogens is 278 g/mol. The van der Waals surface area contributed by atoms with Crippen LogP contribution in [0.5, 0.6) is 5.75 Å².